The first-order valence-electron chi connectivity index (χ1n) is 13.3. The molecule has 3 heterocycles. The van der Waals surface area contributed by atoms with Crippen molar-refractivity contribution in [3.8, 4) is 0 Å². The highest BCUT2D eigenvalue weighted by Crippen LogP contribution is 2.45. The number of ether oxygens (including phenoxy) is 2. The number of hydrogen-bond donors (Lipinski definition) is 2. The molecule has 2 aliphatic rings. The Labute approximate surface area is 239 Å². The van der Waals surface area contributed by atoms with Gasteiger partial charge in [-0.1, -0.05) is 0 Å². The molecular formula is C28H37N3O7S2. The van der Waals surface area contributed by atoms with Gasteiger partial charge in [0.05, 0.1) is 30.1 Å². The molecule has 4 rings (SSSR count). The number of carbonyl (C=O) groups is 3. The van der Waals surface area contributed by atoms with Crippen LogP contribution in [0.3, 0.4) is 0 Å². The molecule has 1 unspecified atom stereocenters. The maximum atomic E-state index is 13.3. The van der Waals surface area contributed by atoms with Gasteiger partial charge in [-0.25, -0.2) is 13.2 Å². The number of esters is 2. The maximum Gasteiger partial charge on any atom is 0.341 e. The van der Waals surface area contributed by atoms with E-state index in [1.807, 2.05) is 13.8 Å². The van der Waals surface area contributed by atoms with Gasteiger partial charge in [-0.15, -0.1) is 11.3 Å². The fraction of sp³-hybridized carbons (Fsp3) is 0.536. The van der Waals surface area contributed by atoms with Crippen LogP contribution in [0.4, 0.5) is 5.00 Å². The second-order valence-corrected chi connectivity index (χ2v) is 14.3. The standard InChI is InChI=1S/C28H37N3O7S2/c1-7-38-25(33)18-9-8-14-31(16-18)40(35,36)19-12-10-17(11-13-19)23(32)29-24-21(26(34)37-6)20-15-27(2,3)30-28(4,5)22(20)39-24/h10-13,18,30H,7-9,14-16H2,1-6H3,(H,29,32). The fourth-order valence-corrected chi connectivity index (χ4v) is 8.43. The fourth-order valence-electron chi connectivity index (χ4n) is 5.65. The number of rotatable bonds is 7. The van der Waals surface area contributed by atoms with Gasteiger partial charge in [-0.3, -0.25) is 9.59 Å². The molecule has 0 saturated carbocycles. The Kier molecular flexibility index (Phi) is 8.47. The number of methoxy groups -OCH3 is 1. The largest absolute Gasteiger partial charge is 0.466 e. The van der Waals surface area contributed by atoms with E-state index in [4.69, 9.17) is 9.47 Å². The summed E-state index contributed by atoms with van der Waals surface area (Å²) < 4.78 is 38.0. The van der Waals surface area contributed by atoms with E-state index in [1.54, 1.807) is 6.92 Å². The van der Waals surface area contributed by atoms with Gasteiger partial charge in [0.15, 0.2) is 0 Å². The lowest BCUT2D eigenvalue weighted by Gasteiger charge is -2.42. The second-order valence-electron chi connectivity index (χ2n) is 11.3. The molecule has 0 spiro atoms. The van der Waals surface area contributed by atoms with Crippen LogP contribution in [0.25, 0.3) is 0 Å². The zero-order valence-electron chi connectivity index (χ0n) is 23.8. The summed E-state index contributed by atoms with van der Waals surface area (Å²) in [6.45, 7) is 10.5. The number of benzene rings is 1. The van der Waals surface area contributed by atoms with Gasteiger partial charge in [0.25, 0.3) is 5.91 Å². The molecule has 1 saturated heterocycles. The Morgan fingerprint density at radius 1 is 1.15 bits per heavy atom. The number of nitrogens with zero attached hydrogens (tertiary/aromatic N) is 1. The van der Waals surface area contributed by atoms with Gasteiger partial charge in [0.1, 0.15) is 5.00 Å². The molecule has 12 heteroatoms. The molecule has 2 aromatic rings. The summed E-state index contributed by atoms with van der Waals surface area (Å²) in [5.41, 5.74) is 0.739. The molecule has 0 aliphatic carbocycles. The smallest absolute Gasteiger partial charge is 0.341 e. The number of hydrogen-bond acceptors (Lipinski definition) is 9. The SMILES string of the molecule is CCOC(=O)C1CCCN(S(=O)(=O)c2ccc(C(=O)Nc3sc4c(c3C(=O)OC)CC(C)(C)NC4(C)C)cc2)C1. The van der Waals surface area contributed by atoms with Gasteiger partial charge >= 0.3 is 11.9 Å². The van der Waals surface area contributed by atoms with Crippen LogP contribution in [0.1, 0.15) is 78.6 Å². The maximum absolute atomic E-state index is 13.3. The molecule has 1 aromatic heterocycles. The molecule has 40 heavy (non-hydrogen) atoms. The van der Waals surface area contributed by atoms with E-state index in [2.05, 4.69) is 24.5 Å². The number of nitrogens with one attached hydrogen (secondary N) is 2. The number of sulfonamides is 1. The topological polar surface area (TPSA) is 131 Å². The number of anilines is 1. The van der Waals surface area contributed by atoms with Crippen molar-refractivity contribution in [3.05, 3.63) is 45.8 Å². The van der Waals surface area contributed by atoms with E-state index >= 15 is 0 Å². The van der Waals surface area contributed by atoms with E-state index in [9.17, 15) is 22.8 Å². The zero-order valence-corrected chi connectivity index (χ0v) is 25.4. The van der Waals surface area contributed by atoms with E-state index in [-0.39, 0.29) is 29.1 Å². The molecule has 1 atom stereocenters. The highest BCUT2D eigenvalue weighted by Gasteiger charge is 2.42. The first kappa shape index (κ1) is 30.2. The zero-order chi connectivity index (χ0) is 29.5. The predicted molar refractivity (Wildman–Crippen MR) is 152 cm³/mol. The summed E-state index contributed by atoms with van der Waals surface area (Å²) >= 11 is 1.33. The molecule has 1 aromatic carbocycles. The predicted octanol–water partition coefficient (Wildman–Crippen LogP) is 3.91. The highest BCUT2D eigenvalue weighted by molar-refractivity contribution is 7.89. The van der Waals surface area contributed by atoms with Crippen LogP contribution < -0.4 is 10.6 Å². The van der Waals surface area contributed by atoms with Gasteiger partial charge in [-0.2, -0.15) is 4.31 Å². The number of fused-ring (bicyclic) bond motifs is 1. The first-order chi connectivity index (χ1) is 18.7. The van der Waals surface area contributed by atoms with Crippen molar-refractivity contribution in [3.63, 3.8) is 0 Å². The summed E-state index contributed by atoms with van der Waals surface area (Å²) in [6, 6.07) is 5.65. The molecule has 218 valence electrons. The van der Waals surface area contributed by atoms with E-state index in [1.165, 1.54) is 47.0 Å². The summed E-state index contributed by atoms with van der Waals surface area (Å²) in [6.07, 6.45) is 1.72. The minimum Gasteiger partial charge on any atom is -0.466 e. The Morgan fingerprint density at radius 2 is 1.82 bits per heavy atom. The molecule has 2 N–H and O–H groups in total. The lowest BCUT2D eigenvalue weighted by atomic mass is 9.81. The van der Waals surface area contributed by atoms with Gasteiger partial charge in [0, 0.05) is 34.6 Å². The first-order valence-corrected chi connectivity index (χ1v) is 15.6. The summed E-state index contributed by atoms with van der Waals surface area (Å²) in [5.74, 6) is -1.89. The average Bonchev–Trinajstić information content (AvgIpc) is 3.25. The molecule has 1 amide bonds. The third-order valence-corrected chi connectivity index (χ3v) is 10.6. The molecule has 2 aliphatic heterocycles. The van der Waals surface area contributed by atoms with Gasteiger partial charge in [0.2, 0.25) is 10.0 Å². The van der Waals surface area contributed by atoms with Crippen molar-refractivity contribution < 1.29 is 32.3 Å². The van der Waals surface area contributed by atoms with Crippen LogP contribution in [0, 0.1) is 5.92 Å². The summed E-state index contributed by atoms with van der Waals surface area (Å²) in [4.78, 5) is 39.2. The Hall–Kier alpha value is -2.80. The highest BCUT2D eigenvalue weighted by atomic mass is 32.2. The number of amides is 1. The third-order valence-electron chi connectivity index (χ3n) is 7.22. The molecule has 10 nitrogen and oxygen atoms in total. The number of carbonyl (C=O) groups excluding carboxylic acids is 3. The van der Waals surface area contributed by atoms with E-state index in [0.717, 1.165) is 10.4 Å². The second kappa shape index (κ2) is 11.2. The van der Waals surface area contributed by atoms with E-state index in [0.29, 0.717) is 36.4 Å². The summed E-state index contributed by atoms with van der Waals surface area (Å²) in [5, 5.41) is 6.84. The lowest BCUT2D eigenvalue weighted by molar-refractivity contribution is -0.149. The number of piperidine rings is 1. The van der Waals surface area contributed by atoms with Crippen molar-refractivity contribution in [1.82, 2.24) is 9.62 Å². The quantitative estimate of drug-likeness (QED) is 0.464. The van der Waals surface area contributed by atoms with Crippen molar-refractivity contribution >= 4 is 44.2 Å². The molecule has 1 fully saturated rings. The monoisotopic (exact) mass is 591 g/mol. The van der Waals surface area contributed by atoms with Gasteiger partial charge < -0.3 is 20.1 Å². The van der Waals surface area contributed by atoms with E-state index < -0.39 is 39.3 Å². The molecule has 0 bridgehead atoms. The van der Waals surface area contributed by atoms with Crippen molar-refractivity contribution in [1.29, 1.82) is 0 Å². The minimum atomic E-state index is -3.86. The van der Waals surface area contributed by atoms with Crippen LogP contribution in [-0.4, -0.2) is 62.9 Å². The van der Waals surface area contributed by atoms with Crippen molar-refractivity contribution in [2.45, 2.75) is 69.9 Å². The summed E-state index contributed by atoms with van der Waals surface area (Å²) in [7, 11) is -2.55. The Bertz CT molecular complexity index is 1410. The van der Waals surface area contributed by atoms with Crippen molar-refractivity contribution in [2.75, 3.05) is 32.1 Å². The van der Waals surface area contributed by atoms with Crippen LogP contribution in [0.2, 0.25) is 0 Å². The Balaban J connectivity index is 1.56. The normalized spacial score (nSPS) is 20.3. The van der Waals surface area contributed by atoms with Gasteiger partial charge in [-0.05, 0) is 83.7 Å². The number of thiophene rings is 1. The van der Waals surface area contributed by atoms with Crippen molar-refractivity contribution in [2.24, 2.45) is 5.92 Å². The minimum absolute atomic E-state index is 0.0328. The van der Waals surface area contributed by atoms with Crippen LogP contribution >= 0.6 is 11.3 Å². The lowest BCUT2D eigenvalue weighted by Crippen LogP contribution is -2.55. The molecule has 0 radical (unpaired) electrons. The van der Waals surface area contributed by atoms with Crippen LogP contribution in [0.5, 0.6) is 0 Å². The average molecular weight is 592 g/mol. The molecular weight excluding hydrogens is 554 g/mol. The van der Waals surface area contributed by atoms with Crippen LogP contribution in [-0.2, 0) is 36.3 Å². The Morgan fingerprint density at radius 3 is 2.45 bits per heavy atom. The van der Waals surface area contributed by atoms with Crippen LogP contribution in [0.15, 0.2) is 29.2 Å². The third kappa shape index (κ3) is 5.95.